The fraction of sp³-hybridized carbons (Fsp3) is 0.667. The van der Waals surface area contributed by atoms with Gasteiger partial charge in [0, 0.05) is 6.54 Å². The molecule has 1 rings (SSSR count). The molecular formula is C12H18Cl2N2OS. The lowest BCUT2D eigenvalue weighted by Gasteiger charge is -2.04. The Kier molecular flexibility index (Phi) is 7.63. The minimum Gasteiger partial charge on any atom is -0.352 e. The molecule has 0 aliphatic rings. The van der Waals surface area contributed by atoms with E-state index < -0.39 is 0 Å². The summed E-state index contributed by atoms with van der Waals surface area (Å²) < 4.78 is 4.18. The molecule has 0 fully saturated rings. The number of carbonyl (C=O) groups excluding carboxylic acids is 1. The van der Waals surface area contributed by atoms with E-state index in [0.717, 1.165) is 24.4 Å². The van der Waals surface area contributed by atoms with Gasteiger partial charge in [-0.2, -0.15) is 4.37 Å². The summed E-state index contributed by atoms with van der Waals surface area (Å²) in [5, 5.41) is 3.00. The highest BCUT2D eigenvalue weighted by molar-refractivity contribution is 7.11. The topological polar surface area (TPSA) is 42.0 Å². The van der Waals surface area contributed by atoms with Gasteiger partial charge in [0.25, 0.3) is 5.91 Å². The van der Waals surface area contributed by atoms with E-state index in [2.05, 4.69) is 16.6 Å². The zero-order valence-corrected chi connectivity index (χ0v) is 12.8. The Hall–Kier alpha value is -0.320. The van der Waals surface area contributed by atoms with Crippen molar-refractivity contribution in [1.29, 1.82) is 0 Å². The van der Waals surface area contributed by atoms with Gasteiger partial charge >= 0.3 is 0 Å². The Balaban J connectivity index is 2.18. The van der Waals surface area contributed by atoms with Gasteiger partial charge in [-0.05, 0) is 18.0 Å². The van der Waals surface area contributed by atoms with Crippen LogP contribution in [-0.2, 0) is 0 Å². The van der Waals surface area contributed by atoms with Gasteiger partial charge in [0.2, 0.25) is 0 Å². The number of rotatable bonds is 8. The fourth-order valence-corrected chi connectivity index (χ4v) is 2.83. The number of halogens is 2. The van der Waals surface area contributed by atoms with Gasteiger partial charge in [0.05, 0.1) is 0 Å². The molecule has 1 amide bonds. The molecule has 18 heavy (non-hydrogen) atoms. The molecule has 0 saturated heterocycles. The summed E-state index contributed by atoms with van der Waals surface area (Å²) in [6.45, 7) is 2.86. The van der Waals surface area contributed by atoms with Crippen molar-refractivity contribution in [3.63, 3.8) is 0 Å². The maximum Gasteiger partial charge on any atom is 0.256 e. The van der Waals surface area contributed by atoms with Crippen LogP contribution in [0.4, 0.5) is 0 Å². The monoisotopic (exact) mass is 308 g/mol. The first-order valence-electron chi connectivity index (χ1n) is 6.25. The van der Waals surface area contributed by atoms with Crippen molar-refractivity contribution in [3.05, 3.63) is 15.1 Å². The fourth-order valence-electron chi connectivity index (χ4n) is 1.63. The maximum absolute atomic E-state index is 11.8. The summed E-state index contributed by atoms with van der Waals surface area (Å²) in [5.74, 6) is -0.229. The van der Waals surface area contributed by atoms with Crippen molar-refractivity contribution in [2.24, 2.45) is 0 Å². The van der Waals surface area contributed by atoms with Crippen molar-refractivity contribution in [2.75, 3.05) is 6.54 Å². The number of amides is 1. The standard InChI is InChI=1S/C12H18Cl2N2OS/c1-2-3-4-5-6-7-8-15-12(17)9-10(13)16-18-11(9)14/h2-8H2,1H3,(H,15,17). The molecule has 1 heterocycles. The first-order valence-corrected chi connectivity index (χ1v) is 7.78. The van der Waals surface area contributed by atoms with Crippen LogP contribution >= 0.6 is 34.7 Å². The molecule has 102 valence electrons. The molecule has 0 aromatic carbocycles. The van der Waals surface area contributed by atoms with Crippen molar-refractivity contribution in [3.8, 4) is 0 Å². The summed E-state index contributed by atoms with van der Waals surface area (Å²) in [7, 11) is 0. The number of hydrogen-bond donors (Lipinski definition) is 1. The number of hydrogen-bond acceptors (Lipinski definition) is 3. The van der Waals surface area contributed by atoms with Gasteiger partial charge in [-0.3, -0.25) is 4.79 Å². The predicted octanol–water partition coefficient (Wildman–Crippen LogP) is 4.54. The lowest BCUT2D eigenvalue weighted by molar-refractivity contribution is 0.0953. The van der Waals surface area contributed by atoms with Gasteiger partial charge < -0.3 is 5.32 Å². The van der Waals surface area contributed by atoms with Gasteiger partial charge in [-0.1, -0.05) is 62.2 Å². The van der Waals surface area contributed by atoms with Crippen LogP contribution in [-0.4, -0.2) is 16.8 Å². The highest BCUT2D eigenvalue weighted by Crippen LogP contribution is 2.27. The zero-order chi connectivity index (χ0) is 13.4. The van der Waals surface area contributed by atoms with E-state index in [-0.39, 0.29) is 11.1 Å². The summed E-state index contributed by atoms with van der Waals surface area (Å²) >= 11 is 12.7. The minimum atomic E-state index is -0.229. The van der Waals surface area contributed by atoms with Gasteiger partial charge in [-0.25, -0.2) is 0 Å². The van der Waals surface area contributed by atoms with E-state index in [1.54, 1.807) is 0 Å². The number of nitrogens with one attached hydrogen (secondary N) is 1. The summed E-state index contributed by atoms with van der Waals surface area (Å²) in [4.78, 5) is 11.8. The normalized spacial score (nSPS) is 10.6. The lowest BCUT2D eigenvalue weighted by atomic mass is 10.1. The smallest absolute Gasteiger partial charge is 0.256 e. The second-order valence-corrected chi connectivity index (χ2v) is 5.88. The maximum atomic E-state index is 11.8. The molecule has 0 aliphatic carbocycles. The van der Waals surface area contributed by atoms with Crippen LogP contribution in [0.25, 0.3) is 0 Å². The van der Waals surface area contributed by atoms with Crippen molar-refractivity contribution >= 4 is 40.6 Å². The molecule has 6 heteroatoms. The molecule has 1 aromatic heterocycles. The van der Waals surface area contributed by atoms with E-state index >= 15 is 0 Å². The molecule has 0 spiro atoms. The van der Waals surface area contributed by atoms with Gasteiger partial charge in [0.1, 0.15) is 9.90 Å². The van der Waals surface area contributed by atoms with Crippen molar-refractivity contribution in [1.82, 2.24) is 9.69 Å². The third-order valence-electron chi connectivity index (χ3n) is 2.65. The van der Waals surface area contributed by atoms with Gasteiger partial charge in [0.15, 0.2) is 5.15 Å². The van der Waals surface area contributed by atoms with Crippen LogP contribution < -0.4 is 5.32 Å². The molecule has 3 nitrogen and oxygen atoms in total. The molecule has 0 saturated carbocycles. The second kappa shape index (κ2) is 8.73. The summed E-state index contributed by atoms with van der Waals surface area (Å²) in [5.41, 5.74) is 0.300. The lowest BCUT2D eigenvalue weighted by Crippen LogP contribution is -2.24. The first kappa shape index (κ1) is 15.7. The Labute approximate surface area is 122 Å². The Morgan fingerprint density at radius 2 is 1.89 bits per heavy atom. The quantitative estimate of drug-likeness (QED) is 0.716. The number of nitrogens with zero attached hydrogens (tertiary/aromatic N) is 1. The van der Waals surface area contributed by atoms with Crippen LogP contribution in [0.2, 0.25) is 9.49 Å². The number of carbonyl (C=O) groups is 1. The van der Waals surface area contributed by atoms with E-state index in [4.69, 9.17) is 23.2 Å². The highest BCUT2D eigenvalue weighted by atomic mass is 35.5. The van der Waals surface area contributed by atoms with E-state index in [0.29, 0.717) is 16.4 Å². The third kappa shape index (κ3) is 5.12. The molecular weight excluding hydrogens is 291 g/mol. The van der Waals surface area contributed by atoms with Crippen molar-refractivity contribution < 1.29 is 4.79 Å². The predicted molar refractivity (Wildman–Crippen MR) is 77.8 cm³/mol. The highest BCUT2D eigenvalue weighted by Gasteiger charge is 2.17. The summed E-state index contributed by atoms with van der Waals surface area (Å²) in [6.07, 6.45) is 7.17. The Morgan fingerprint density at radius 3 is 2.50 bits per heavy atom. The average molecular weight is 309 g/mol. The zero-order valence-electron chi connectivity index (χ0n) is 10.5. The molecule has 0 aliphatic heterocycles. The van der Waals surface area contributed by atoms with E-state index in [1.807, 2.05) is 0 Å². The second-order valence-electron chi connectivity index (χ2n) is 4.15. The first-order chi connectivity index (χ1) is 8.66. The van der Waals surface area contributed by atoms with Crippen LogP contribution in [0, 0.1) is 0 Å². The molecule has 0 atom stereocenters. The molecule has 1 N–H and O–H groups in total. The molecule has 0 bridgehead atoms. The van der Waals surface area contributed by atoms with E-state index in [9.17, 15) is 4.79 Å². The Morgan fingerprint density at radius 1 is 1.22 bits per heavy atom. The largest absolute Gasteiger partial charge is 0.352 e. The molecule has 0 unspecified atom stereocenters. The van der Waals surface area contributed by atoms with Crippen LogP contribution in [0.5, 0.6) is 0 Å². The minimum absolute atomic E-state index is 0.186. The van der Waals surface area contributed by atoms with Gasteiger partial charge in [-0.15, -0.1) is 0 Å². The third-order valence-corrected chi connectivity index (χ3v) is 4.06. The number of unbranched alkanes of at least 4 members (excludes halogenated alkanes) is 5. The van der Waals surface area contributed by atoms with Crippen molar-refractivity contribution in [2.45, 2.75) is 45.4 Å². The van der Waals surface area contributed by atoms with Crippen LogP contribution in [0.3, 0.4) is 0 Å². The SMILES string of the molecule is CCCCCCCCNC(=O)c1c(Cl)nsc1Cl. The number of aromatic nitrogens is 1. The Bertz CT molecular complexity index is 363. The summed E-state index contributed by atoms with van der Waals surface area (Å²) in [6, 6.07) is 0. The molecule has 1 aromatic rings. The van der Waals surface area contributed by atoms with Crippen LogP contribution in [0.15, 0.2) is 0 Å². The molecule has 0 radical (unpaired) electrons. The van der Waals surface area contributed by atoms with E-state index in [1.165, 1.54) is 25.7 Å². The van der Waals surface area contributed by atoms with Crippen LogP contribution in [0.1, 0.15) is 55.8 Å². The average Bonchev–Trinajstić information content (AvgIpc) is 2.68.